The zero-order chi connectivity index (χ0) is 19.2. The van der Waals surface area contributed by atoms with Crippen LogP contribution in [0.2, 0.25) is 0 Å². The molecule has 7 nitrogen and oxygen atoms in total. The Balaban J connectivity index is 1.77. The van der Waals surface area contributed by atoms with E-state index < -0.39 is 9.84 Å². The summed E-state index contributed by atoms with van der Waals surface area (Å²) in [7, 11) is -3.47. The largest absolute Gasteiger partial charge is 0.365 e. The molecule has 0 radical (unpaired) electrons. The quantitative estimate of drug-likeness (QED) is 0.720. The van der Waals surface area contributed by atoms with Gasteiger partial charge in [-0.15, -0.1) is 0 Å². The summed E-state index contributed by atoms with van der Waals surface area (Å²) in [4.78, 5) is 25.7. The Kier molecular flexibility index (Phi) is 7.16. The molecule has 1 aromatic carbocycles. The highest BCUT2D eigenvalue weighted by molar-refractivity contribution is 7.91. The van der Waals surface area contributed by atoms with Crippen LogP contribution in [-0.2, 0) is 24.2 Å². The maximum atomic E-state index is 12.2. The third kappa shape index (κ3) is 6.10. The van der Waals surface area contributed by atoms with Crippen molar-refractivity contribution in [1.82, 2.24) is 10.2 Å². The van der Waals surface area contributed by atoms with Gasteiger partial charge in [-0.3, -0.25) is 9.59 Å². The van der Waals surface area contributed by atoms with Gasteiger partial charge in [-0.05, 0) is 18.1 Å². The van der Waals surface area contributed by atoms with Gasteiger partial charge in [0.1, 0.15) is 6.61 Å². The highest BCUT2D eigenvalue weighted by atomic mass is 32.2. The van der Waals surface area contributed by atoms with Crippen LogP contribution in [0.3, 0.4) is 0 Å². The number of ether oxygens (including phenoxy) is 1. The Morgan fingerprint density at radius 1 is 1.31 bits per heavy atom. The van der Waals surface area contributed by atoms with Gasteiger partial charge >= 0.3 is 0 Å². The Morgan fingerprint density at radius 2 is 2.00 bits per heavy atom. The smallest absolute Gasteiger partial charge is 0.248 e. The standard InChI is InChI=1S/C18H26N2O5S/c1-14(2)11-20-12-15(25-13-18(20)22)10-19-17(21)8-9-26(23,24)16-6-4-3-5-7-16/h3-7,14-15H,8-13H2,1-2H3,(H,19,21). The molecule has 1 N–H and O–H groups in total. The first-order chi connectivity index (χ1) is 12.3. The summed E-state index contributed by atoms with van der Waals surface area (Å²) in [5.41, 5.74) is 0. The van der Waals surface area contributed by atoms with E-state index in [4.69, 9.17) is 4.74 Å². The molecule has 1 unspecified atom stereocenters. The Hall–Kier alpha value is -1.93. The van der Waals surface area contributed by atoms with E-state index in [9.17, 15) is 18.0 Å². The van der Waals surface area contributed by atoms with Crippen molar-refractivity contribution in [1.29, 1.82) is 0 Å². The van der Waals surface area contributed by atoms with Gasteiger partial charge < -0.3 is 15.0 Å². The van der Waals surface area contributed by atoms with Crippen molar-refractivity contribution in [2.45, 2.75) is 31.3 Å². The Morgan fingerprint density at radius 3 is 2.65 bits per heavy atom. The van der Waals surface area contributed by atoms with Crippen molar-refractivity contribution in [2.24, 2.45) is 5.92 Å². The highest BCUT2D eigenvalue weighted by Gasteiger charge is 2.27. The lowest BCUT2D eigenvalue weighted by molar-refractivity contribution is -0.149. The van der Waals surface area contributed by atoms with Crippen molar-refractivity contribution in [2.75, 3.05) is 32.0 Å². The number of benzene rings is 1. The van der Waals surface area contributed by atoms with Crippen molar-refractivity contribution < 1.29 is 22.7 Å². The van der Waals surface area contributed by atoms with Gasteiger partial charge in [-0.1, -0.05) is 32.0 Å². The van der Waals surface area contributed by atoms with Crippen molar-refractivity contribution >= 4 is 21.7 Å². The third-order valence-electron chi connectivity index (χ3n) is 4.03. The molecule has 0 aliphatic carbocycles. The predicted molar refractivity (Wildman–Crippen MR) is 97.3 cm³/mol. The second-order valence-corrected chi connectivity index (χ2v) is 8.92. The molecule has 8 heteroatoms. The molecule has 0 bridgehead atoms. The molecule has 2 amide bonds. The van der Waals surface area contributed by atoms with Crippen molar-refractivity contribution in [3.05, 3.63) is 30.3 Å². The molecule has 144 valence electrons. The molecular weight excluding hydrogens is 356 g/mol. The van der Waals surface area contributed by atoms with E-state index in [1.807, 2.05) is 13.8 Å². The van der Waals surface area contributed by atoms with E-state index in [-0.39, 0.29) is 48.1 Å². The molecule has 1 heterocycles. The summed E-state index contributed by atoms with van der Waals surface area (Å²) in [6.45, 7) is 5.42. The third-order valence-corrected chi connectivity index (χ3v) is 5.76. The maximum Gasteiger partial charge on any atom is 0.248 e. The van der Waals surface area contributed by atoms with Gasteiger partial charge in [0, 0.05) is 26.1 Å². The van der Waals surface area contributed by atoms with Crippen molar-refractivity contribution in [3.63, 3.8) is 0 Å². The van der Waals surface area contributed by atoms with E-state index in [0.717, 1.165) is 0 Å². The second kappa shape index (κ2) is 9.14. The number of nitrogens with one attached hydrogen (secondary N) is 1. The van der Waals surface area contributed by atoms with Crippen molar-refractivity contribution in [3.8, 4) is 0 Å². The highest BCUT2D eigenvalue weighted by Crippen LogP contribution is 2.11. The summed E-state index contributed by atoms with van der Waals surface area (Å²) in [6.07, 6.45) is -0.389. The molecule has 26 heavy (non-hydrogen) atoms. The van der Waals surface area contributed by atoms with Gasteiger partial charge in [-0.2, -0.15) is 0 Å². The first-order valence-electron chi connectivity index (χ1n) is 8.72. The van der Waals surface area contributed by atoms with Gasteiger partial charge in [0.2, 0.25) is 11.8 Å². The lowest BCUT2D eigenvalue weighted by Gasteiger charge is -2.33. The average molecular weight is 382 g/mol. The minimum absolute atomic E-state index is 0.00957. The van der Waals surface area contributed by atoms with E-state index in [1.165, 1.54) is 12.1 Å². The topological polar surface area (TPSA) is 92.8 Å². The summed E-state index contributed by atoms with van der Waals surface area (Å²) in [5, 5.41) is 2.70. The number of nitrogens with zero attached hydrogens (tertiary/aromatic N) is 1. The molecule has 1 aliphatic rings. The average Bonchev–Trinajstić information content (AvgIpc) is 2.61. The Bertz CT molecular complexity index is 718. The summed E-state index contributed by atoms with van der Waals surface area (Å²) in [5.74, 6) is -0.280. The van der Waals surface area contributed by atoms with E-state index in [1.54, 1.807) is 23.1 Å². The van der Waals surface area contributed by atoms with Crippen LogP contribution in [0, 0.1) is 5.92 Å². The van der Waals surface area contributed by atoms with Gasteiger partial charge in [0.15, 0.2) is 9.84 Å². The fourth-order valence-electron chi connectivity index (χ4n) is 2.71. The van der Waals surface area contributed by atoms with E-state index >= 15 is 0 Å². The molecule has 2 rings (SSSR count). The number of amides is 2. The van der Waals surface area contributed by atoms with Crippen LogP contribution in [0.1, 0.15) is 20.3 Å². The fourth-order valence-corrected chi connectivity index (χ4v) is 3.97. The van der Waals surface area contributed by atoms with Gasteiger partial charge in [0.05, 0.1) is 16.8 Å². The SMILES string of the molecule is CC(C)CN1CC(CNC(=O)CCS(=O)(=O)c2ccccc2)OCC1=O. The van der Waals surface area contributed by atoms with Crippen LogP contribution in [0.4, 0.5) is 0 Å². The first-order valence-corrected chi connectivity index (χ1v) is 10.4. The minimum Gasteiger partial charge on any atom is -0.365 e. The summed E-state index contributed by atoms with van der Waals surface area (Å²) < 4.78 is 29.8. The number of hydrogen-bond donors (Lipinski definition) is 1. The molecule has 1 aromatic rings. The van der Waals surface area contributed by atoms with E-state index in [0.29, 0.717) is 19.0 Å². The lowest BCUT2D eigenvalue weighted by Crippen LogP contribution is -2.51. The monoisotopic (exact) mass is 382 g/mol. The van der Waals surface area contributed by atoms with Crippen LogP contribution < -0.4 is 5.32 Å². The normalized spacial score (nSPS) is 18.2. The van der Waals surface area contributed by atoms with Gasteiger partial charge in [0.25, 0.3) is 0 Å². The molecule has 1 aliphatic heterocycles. The molecule has 1 fully saturated rings. The summed E-state index contributed by atoms with van der Waals surface area (Å²) in [6, 6.07) is 8.07. The van der Waals surface area contributed by atoms with Crippen LogP contribution in [0.5, 0.6) is 0 Å². The van der Waals surface area contributed by atoms with Crippen LogP contribution in [0.25, 0.3) is 0 Å². The number of carbonyl (C=O) groups excluding carboxylic acids is 2. The fraction of sp³-hybridized carbons (Fsp3) is 0.556. The number of morpholine rings is 1. The molecule has 0 spiro atoms. The molecule has 0 saturated carbocycles. The molecule has 1 saturated heterocycles. The number of sulfone groups is 1. The summed E-state index contributed by atoms with van der Waals surface area (Å²) >= 11 is 0. The Labute approximate surface area is 154 Å². The first kappa shape index (κ1) is 20.4. The molecule has 1 atom stereocenters. The zero-order valence-electron chi connectivity index (χ0n) is 15.2. The zero-order valence-corrected chi connectivity index (χ0v) is 16.0. The van der Waals surface area contributed by atoms with Crippen LogP contribution in [0.15, 0.2) is 35.2 Å². The molecular formula is C18H26N2O5S. The maximum absolute atomic E-state index is 12.2. The minimum atomic E-state index is -3.47. The number of hydrogen-bond acceptors (Lipinski definition) is 5. The lowest BCUT2D eigenvalue weighted by atomic mass is 10.1. The van der Waals surface area contributed by atoms with Gasteiger partial charge in [-0.25, -0.2) is 8.42 Å². The number of carbonyl (C=O) groups is 2. The van der Waals surface area contributed by atoms with E-state index in [2.05, 4.69) is 5.32 Å². The predicted octanol–water partition coefficient (Wildman–Crippen LogP) is 0.850. The second-order valence-electron chi connectivity index (χ2n) is 6.81. The molecule has 0 aromatic heterocycles. The number of rotatable bonds is 8. The van der Waals surface area contributed by atoms with Crippen LogP contribution in [-0.4, -0.2) is 63.2 Å². The van der Waals surface area contributed by atoms with Crippen LogP contribution >= 0.6 is 0 Å².